The fourth-order valence-electron chi connectivity index (χ4n) is 3.02. The predicted octanol–water partition coefficient (Wildman–Crippen LogP) is 4.57. The molecule has 0 bridgehead atoms. The van der Waals surface area contributed by atoms with Crippen molar-refractivity contribution < 1.29 is 14.3 Å². The largest absolute Gasteiger partial charge is 0.454 e. The number of hydrogen-bond acceptors (Lipinski definition) is 5. The number of hydrogen-bond donors (Lipinski definition) is 0. The number of pyridine rings is 1. The van der Waals surface area contributed by atoms with Crippen molar-refractivity contribution in [3.63, 3.8) is 0 Å². The van der Waals surface area contributed by atoms with Gasteiger partial charge in [0, 0.05) is 20.7 Å². The Labute approximate surface area is 150 Å². The second kappa shape index (κ2) is 6.76. The Kier molecular flexibility index (Phi) is 4.68. The van der Waals surface area contributed by atoms with E-state index in [9.17, 15) is 9.59 Å². The monoisotopic (exact) mass is 353 g/mol. The molecule has 0 spiro atoms. The maximum absolute atomic E-state index is 12.5. The quantitative estimate of drug-likeness (QED) is 0.509. The van der Waals surface area contributed by atoms with Crippen LogP contribution in [0.5, 0.6) is 0 Å². The highest BCUT2D eigenvalue weighted by atomic mass is 32.1. The molecule has 0 atom stereocenters. The van der Waals surface area contributed by atoms with Crippen molar-refractivity contribution in [2.75, 3.05) is 6.61 Å². The van der Waals surface area contributed by atoms with Crippen LogP contribution in [-0.4, -0.2) is 23.3 Å². The molecule has 0 N–H and O–H groups in total. The molecule has 0 amide bonds. The summed E-state index contributed by atoms with van der Waals surface area (Å²) in [5.41, 5.74) is 3.33. The fourth-order valence-corrected chi connectivity index (χ4v) is 3.96. The minimum Gasteiger partial charge on any atom is -0.454 e. The zero-order chi connectivity index (χ0) is 18.1. The number of Topliss-reactive ketones (excluding diaryl/α,β-unsaturated/α-hetero) is 1. The van der Waals surface area contributed by atoms with Crippen LogP contribution in [0.15, 0.2) is 30.3 Å². The van der Waals surface area contributed by atoms with E-state index in [1.807, 2.05) is 51.1 Å². The van der Waals surface area contributed by atoms with Crippen LogP contribution in [0.25, 0.3) is 10.9 Å². The van der Waals surface area contributed by atoms with Crippen molar-refractivity contribution in [1.29, 1.82) is 0 Å². The Hall–Kier alpha value is -2.53. The summed E-state index contributed by atoms with van der Waals surface area (Å²) < 4.78 is 5.30. The van der Waals surface area contributed by atoms with Crippen LogP contribution in [0.2, 0.25) is 0 Å². The van der Waals surface area contributed by atoms with E-state index >= 15 is 0 Å². The first-order valence-corrected chi connectivity index (χ1v) is 8.83. The van der Waals surface area contributed by atoms with Crippen LogP contribution in [0.1, 0.15) is 41.7 Å². The summed E-state index contributed by atoms with van der Waals surface area (Å²) in [6.45, 7) is 7.25. The van der Waals surface area contributed by atoms with E-state index in [0.717, 1.165) is 26.2 Å². The SMILES string of the molecule is Cc1cc(C(=O)COC(=O)c2c(C)nc3ccccc3c2C)c(C)s1. The molecule has 0 fully saturated rings. The van der Waals surface area contributed by atoms with E-state index in [2.05, 4.69) is 4.98 Å². The summed E-state index contributed by atoms with van der Waals surface area (Å²) >= 11 is 1.56. The predicted molar refractivity (Wildman–Crippen MR) is 99.6 cm³/mol. The first-order chi connectivity index (χ1) is 11.9. The molecule has 5 heteroatoms. The summed E-state index contributed by atoms with van der Waals surface area (Å²) in [6, 6.07) is 9.50. The number of para-hydroxylation sites is 1. The maximum Gasteiger partial charge on any atom is 0.340 e. The number of ketones is 1. The number of fused-ring (bicyclic) bond motifs is 1. The lowest BCUT2D eigenvalue weighted by molar-refractivity contribution is 0.0473. The van der Waals surface area contributed by atoms with Gasteiger partial charge in [0.1, 0.15) is 0 Å². The fraction of sp³-hybridized carbons (Fsp3) is 0.250. The summed E-state index contributed by atoms with van der Waals surface area (Å²) in [6.07, 6.45) is 0. The molecule has 0 radical (unpaired) electrons. The van der Waals surface area contributed by atoms with Crippen molar-refractivity contribution in [2.45, 2.75) is 27.7 Å². The third-order valence-electron chi connectivity index (χ3n) is 4.21. The van der Waals surface area contributed by atoms with Crippen LogP contribution in [0.4, 0.5) is 0 Å². The standard InChI is InChI=1S/C20H19NO3S/c1-11-9-16(14(4)25-11)18(22)10-24-20(23)19-12(2)15-7-5-6-8-17(15)21-13(19)3/h5-9H,10H2,1-4H3. The van der Waals surface area contributed by atoms with Gasteiger partial charge in [0.2, 0.25) is 5.78 Å². The third kappa shape index (κ3) is 3.33. The highest BCUT2D eigenvalue weighted by Crippen LogP contribution is 2.24. The molecule has 0 saturated heterocycles. The molecule has 0 saturated carbocycles. The van der Waals surface area contributed by atoms with E-state index in [0.29, 0.717) is 16.8 Å². The molecule has 3 aromatic rings. The molecule has 1 aromatic carbocycles. The summed E-state index contributed by atoms with van der Waals surface area (Å²) in [5, 5.41) is 0.913. The lowest BCUT2D eigenvalue weighted by Crippen LogP contribution is -2.17. The topological polar surface area (TPSA) is 56.3 Å². The molecule has 0 aliphatic rings. The average Bonchev–Trinajstić information content (AvgIpc) is 2.91. The highest BCUT2D eigenvalue weighted by molar-refractivity contribution is 7.12. The van der Waals surface area contributed by atoms with E-state index < -0.39 is 5.97 Å². The van der Waals surface area contributed by atoms with Gasteiger partial charge in [-0.15, -0.1) is 11.3 Å². The van der Waals surface area contributed by atoms with Crippen LogP contribution in [0, 0.1) is 27.7 Å². The van der Waals surface area contributed by atoms with Gasteiger partial charge in [0.15, 0.2) is 6.61 Å². The Morgan fingerprint density at radius 3 is 2.52 bits per heavy atom. The third-order valence-corrected chi connectivity index (χ3v) is 5.18. The minimum absolute atomic E-state index is 0.181. The van der Waals surface area contributed by atoms with E-state index in [-0.39, 0.29) is 12.4 Å². The van der Waals surface area contributed by atoms with Gasteiger partial charge in [0.25, 0.3) is 0 Å². The zero-order valence-electron chi connectivity index (χ0n) is 14.7. The minimum atomic E-state index is -0.508. The second-order valence-electron chi connectivity index (χ2n) is 6.04. The Morgan fingerprint density at radius 2 is 1.84 bits per heavy atom. The second-order valence-corrected chi connectivity index (χ2v) is 7.50. The van der Waals surface area contributed by atoms with Gasteiger partial charge in [-0.1, -0.05) is 18.2 Å². The van der Waals surface area contributed by atoms with Crippen LogP contribution in [-0.2, 0) is 4.74 Å². The lowest BCUT2D eigenvalue weighted by atomic mass is 10.0. The Bertz CT molecular complexity index is 988. The lowest BCUT2D eigenvalue weighted by Gasteiger charge is -2.11. The van der Waals surface area contributed by atoms with Gasteiger partial charge in [-0.25, -0.2) is 4.79 Å². The number of esters is 1. The first kappa shape index (κ1) is 17.3. The molecule has 4 nitrogen and oxygen atoms in total. The molecule has 0 aliphatic carbocycles. The zero-order valence-corrected chi connectivity index (χ0v) is 15.5. The number of carbonyl (C=O) groups is 2. The van der Waals surface area contributed by atoms with Crippen LogP contribution >= 0.6 is 11.3 Å². The van der Waals surface area contributed by atoms with E-state index in [4.69, 9.17) is 4.74 Å². The number of aryl methyl sites for hydroxylation is 4. The van der Waals surface area contributed by atoms with Gasteiger partial charge in [-0.05, 0) is 45.4 Å². The Morgan fingerprint density at radius 1 is 1.12 bits per heavy atom. The number of rotatable bonds is 4. The summed E-state index contributed by atoms with van der Waals surface area (Å²) in [7, 11) is 0. The van der Waals surface area contributed by atoms with Crippen molar-refractivity contribution in [3.8, 4) is 0 Å². The molecule has 2 aromatic heterocycles. The van der Waals surface area contributed by atoms with Gasteiger partial charge in [0.05, 0.1) is 16.8 Å². The molecule has 3 rings (SSSR count). The normalized spacial score (nSPS) is 10.9. The average molecular weight is 353 g/mol. The number of ether oxygens (including phenoxy) is 1. The number of carbonyl (C=O) groups excluding carboxylic acids is 2. The van der Waals surface area contributed by atoms with Crippen LogP contribution in [0.3, 0.4) is 0 Å². The van der Waals surface area contributed by atoms with Gasteiger partial charge in [-0.3, -0.25) is 9.78 Å². The van der Waals surface area contributed by atoms with Gasteiger partial charge >= 0.3 is 5.97 Å². The number of aromatic nitrogens is 1. The van der Waals surface area contributed by atoms with Crippen molar-refractivity contribution in [3.05, 3.63) is 62.5 Å². The molecule has 0 aliphatic heterocycles. The van der Waals surface area contributed by atoms with E-state index in [1.54, 1.807) is 18.3 Å². The molecule has 2 heterocycles. The maximum atomic E-state index is 12.5. The van der Waals surface area contributed by atoms with E-state index in [1.165, 1.54) is 0 Å². The smallest absolute Gasteiger partial charge is 0.340 e. The number of thiophene rings is 1. The Balaban J connectivity index is 1.83. The number of benzene rings is 1. The number of nitrogens with zero attached hydrogens (tertiary/aromatic N) is 1. The molecule has 128 valence electrons. The molecular weight excluding hydrogens is 334 g/mol. The molecule has 25 heavy (non-hydrogen) atoms. The summed E-state index contributed by atoms with van der Waals surface area (Å²) in [4.78, 5) is 31.3. The van der Waals surface area contributed by atoms with Crippen molar-refractivity contribution >= 4 is 34.0 Å². The van der Waals surface area contributed by atoms with Gasteiger partial charge < -0.3 is 4.74 Å². The van der Waals surface area contributed by atoms with Crippen molar-refractivity contribution in [1.82, 2.24) is 4.98 Å². The van der Waals surface area contributed by atoms with Crippen LogP contribution < -0.4 is 0 Å². The van der Waals surface area contributed by atoms with Crippen molar-refractivity contribution in [2.24, 2.45) is 0 Å². The molecule has 0 unspecified atom stereocenters. The van der Waals surface area contributed by atoms with Gasteiger partial charge in [-0.2, -0.15) is 0 Å². The molecular formula is C20H19NO3S. The first-order valence-electron chi connectivity index (χ1n) is 8.01. The highest BCUT2D eigenvalue weighted by Gasteiger charge is 2.20. The summed E-state index contributed by atoms with van der Waals surface area (Å²) in [5.74, 6) is -0.689.